The van der Waals surface area contributed by atoms with E-state index in [2.05, 4.69) is 55.6 Å². The maximum atomic E-state index is 12.6. The molecule has 0 bridgehead atoms. The van der Waals surface area contributed by atoms with Crippen LogP contribution in [0.5, 0.6) is 0 Å². The Balaban J connectivity index is 3.38. The van der Waals surface area contributed by atoms with Gasteiger partial charge in [0, 0.05) is 12.8 Å². The monoisotopic (exact) mass is 1220 g/mol. The Bertz CT molecular complexity index is 1410. The minimum Gasteiger partial charge on any atom is -0.466 e. The third kappa shape index (κ3) is 73.0. The number of rotatable bonds is 75. The van der Waals surface area contributed by atoms with E-state index in [1.807, 2.05) is 0 Å². The van der Waals surface area contributed by atoms with Crippen molar-refractivity contribution in [3.8, 4) is 0 Å². The van der Waals surface area contributed by atoms with Gasteiger partial charge < -0.3 is 20.3 Å². The Kier molecular flexibility index (Phi) is 74.8. The van der Waals surface area contributed by atoms with E-state index in [9.17, 15) is 19.8 Å². The first kappa shape index (κ1) is 85.1. The van der Waals surface area contributed by atoms with Crippen molar-refractivity contribution in [1.82, 2.24) is 5.32 Å². The molecular weight excluding hydrogens is 1070 g/mol. The summed E-state index contributed by atoms with van der Waals surface area (Å²) in [6, 6.07) is -0.542. The van der Waals surface area contributed by atoms with Crippen LogP contribution in [-0.4, -0.2) is 47.4 Å². The van der Waals surface area contributed by atoms with Crippen molar-refractivity contribution in [2.24, 2.45) is 0 Å². The number of aliphatic hydroxyl groups excluding tert-OH is 2. The molecule has 6 nitrogen and oxygen atoms in total. The predicted octanol–water partition coefficient (Wildman–Crippen LogP) is 26.2. The first-order chi connectivity index (χ1) is 43.0. The van der Waals surface area contributed by atoms with Crippen molar-refractivity contribution >= 4 is 11.9 Å². The molecule has 6 heteroatoms. The number of aliphatic hydroxyl groups is 2. The normalized spacial score (nSPS) is 12.6. The highest BCUT2D eigenvalue weighted by Crippen LogP contribution is 2.20. The fourth-order valence-corrected chi connectivity index (χ4v) is 12.6. The van der Waals surface area contributed by atoms with E-state index in [0.717, 1.165) is 51.4 Å². The number of carbonyl (C=O) groups is 2. The van der Waals surface area contributed by atoms with Gasteiger partial charge in [0.05, 0.1) is 25.4 Å². The molecule has 0 aliphatic carbocycles. The second kappa shape index (κ2) is 76.5. The van der Waals surface area contributed by atoms with E-state index < -0.39 is 12.1 Å². The molecule has 0 spiro atoms. The standard InChI is InChI=1S/C81H155NO5/c1-3-5-7-9-11-13-15-17-19-20-21-22-36-39-42-46-49-53-57-61-65-69-73-79(84)78(77-83)82-80(85)74-70-66-62-58-54-50-47-43-40-37-34-32-30-28-26-24-23-25-27-29-31-33-35-38-41-44-48-52-56-60-64-68-72-76-87-81(86)75-71-67-63-59-55-51-45-18-16-14-12-10-8-6-4-2/h18,27,29,33,35,45,78-79,83-84H,3-17,19-26,28,30-32,34,36-44,46-77H2,1-2H3,(H,82,85)/b29-27-,35-33-,45-18-. The number of nitrogens with one attached hydrogen (secondary N) is 1. The van der Waals surface area contributed by atoms with Crippen molar-refractivity contribution in [3.05, 3.63) is 36.5 Å². The molecule has 3 N–H and O–H groups in total. The molecule has 0 heterocycles. The molecule has 0 saturated carbocycles. The van der Waals surface area contributed by atoms with Gasteiger partial charge in [-0.2, -0.15) is 0 Å². The largest absolute Gasteiger partial charge is 0.466 e. The predicted molar refractivity (Wildman–Crippen MR) is 384 cm³/mol. The molecule has 514 valence electrons. The van der Waals surface area contributed by atoms with E-state index in [4.69, 9.17) is 4.74 Å². The Morgan fingerprint density at radius 3 is 0.885 bits per heavy atom. The van der Waals surface area contributed by atoms with Crippen molar-refractivity contribution in [2.45, 2.75) is 456 Å². The molecule has 0 rings (SSSR count). The van der Waals surface area contributed by atoms with Crippen LogP contribution >= 0.6 is 0 Å². The summed E-state index contributed by atoms with van der Waals surface area (Å²) in [5.41, 5.74) is 0. The molecule has 0 aromatic rings. The van der Waals surface area contributed by atoms with E-state index in [1.165, 1.54) is 360 Å². The van der Waals surface area contributed by atoms with Gasteiger partial charge in [-0.05, 0) is 83.5 Å². The van der Waals surface area contributed by atoms with Gasteiger partial charge in [-0.25, -0.2) is 0 Å². The third-order valence-electron chi connectivity index (χ3n) is 18.7. The van der Waals surface area contributed by atoms with Crippen molar-refractivity contribution in [3.63, 3.8) is 0 Å². The number of amides is 1. The van der Waals surface area contributed by atoms with Crippen LogP contribution in [0.3, 0.4) is 0 Å². The lowest BCUT2D eigenvalue weighted by Gasteiger charge is -2.22. The zero-order valence-electron chi connectivity index (χ0n) is 59.0. The van der Waals surface area contributed by atoms with Crippen LogP contribution in [0.25, 0.3) is 0 Å². The molecule has 0 fully saturated rings. The Hall–Kier alpha value is -1.92. The fraction of sp³-hybridized carbons (Fsp3) is 0.901. The molecular formula is C81H155NO5. The van der Waals surface area contributed by atoms with Gasteiger partial charge in [0.1, 0.15) is 0 Å². The summed E-state index contributed by atoms with van der Waals surface area (Å²) < 4.78 is 5.49. The van der Waals surface area contributed by atoms with E-state index >= 15 is 0 Å². The molecule has 0 aliphatic rings. The third-order valence-corrected chi connectivity index (χ3v) is 18.7. The van der Waals surface area contributed by atoms with E-state index in [0.29, 0.717) is 25.9 Å². The number of unbranched alkanes of at least 4 members (excludes halogenated alkanes) is 58. The van der Waals surface area contributed by atoms with Crippen LogP contribution in [-0.2, 0) is 14.3 Å². The number of ether oxygens (including phenoxy) is 1. The Morgan fingerprint density at radius 1 is 0.322 bits per heavy atom. The number of hydrogen-bond acceptors (Lipinski definition) is 5. The van der Waals surface area contributed by atoms with Gasteiger partial charge in [-0.3, -0.25) is 9.59 Å². The summed E-state index contributed by atoms with van der Waals surface area (Å²) >= 11 is 0. The zero-order valence-corrected chi connectivity index (χ0v) is 59.0. The minimum absolute atomic E-state index is 0.00699. The highest BCUT2D eigenvalue weighted by molar-refractivity contribution is 5.76. The first-order valence-corrected chi connectivity index (χ1v) is 39.7. The highest BCUT2D eigenvalue weighted by atomic mass is 16.5. The van der Waals surface area contributed by atoms with Gasteiger partial charge in [0.25, 0.3) is 0 Å². The minimum atomic E-state index is -0.665. The summed E-state index contributed by atoms with van der Waals surface area (Å²) in [5.74, 6) is -0.0210. The van der Waals surface area contributed by atoms with Gasteiger partial charge >= 0.3 is 5.97 Å². The van der Waals surface area contributed by atoms with Gasteiger partial charge in [0.2, 0.25) is 5.91 Å². The zero-order chi connectivity index (χ0) is 62.8. The number of esters is 1. The SMILES string of the molecule is CCCCCCCC/C=C\CCCCCCCC(=O)OCCCCCCCCCCC/C=C\C/C=C\CCCCCCCCCCCCCCCCCCCC(=O)NC(CO)C(O)CCCCCCCCCCCCCCCCCCCCCCCC. The maximum absolute atomic E-state index is 12.6. The van der Waals surface area contributed by atoms with Crippen LogP contribution in [0, 0.1) is 0 Å². The van der Waals surface area contributed by atoms with Crippen LogP contribution in [0.4, 0.5) is 0 Å². The second-order valence-electron chi connectivity index (χ2n) is 27.4. The molecule has 0 saturated heterocycles. The summed E-state index contributed by atoms with van der Waals surface area (Å²) in [6.45, 7) is 4.99. The van der Waals surface area contributed by atoms with E-state index in [1.54, 1.807) is 0 Å². The number of carbonyl (C=O) groups excluding carboxylic acids is 2. The van der Waals surface area contributed by atoms with Crippen LogP contribution < -0.4 is 5.32 Å². The van der Waals surface area contributed by atoms with Gasteiger partial charge in [-0.15, -0.1) is 0 Å². The average Bonchev–Trinajstić information content (AvgIpc) is 3.52. The quantitative estimate of drug-likeness (QED) is 0.0320. The lowest BCUT2D eigenvalue weighted by atomic mass is 10.0. The first-order valence-electron chi connectivity index (χ1n) is 39.7. The molecule has 87 heavy (non-hydrogen) atoms. The lowest BCUT2D eigenvalue weighted by molar-refractivity contribution is -0.143. The molecule has 0 radical (unpaired) electrons. The Labute approximate surface area is 544 Å². The average molecular weight is 1220 g/mol. The molecule has 2 atom stereocenters. The van der Waals surface area contributed by atoms with Crippen molar-refractivity contribution in [1.29, 1.82) is 0 Å². The van der Waals surface area contributed by atoms with Gasteiger partial charge in [0.15, 0.2) is 0 Å². The van der Waals surface area contributed by atoms with E-state index in [-0.39, 0.29) is 18.5 Å². The van der Waals surface area contributed by atoms with Crippen LogP contribution in [0.2, 0.25) is 0 Å². The molecule has 1 amide bonds. The smallest absolute Gasteiger partial charge is 0.305 e. The summed E-state index contributed by atoms with van der Waals surface area (Å²) in [4.78, 5) is 24.6. The summed E-state index contributed by atoms with van der Waals surface area (Å²) in [7, 11) is 0. The molecule has 2 unspecified atom stereocenters. The van der Waals surface area contributed by atoms with Gasteiger partial charge in [-0.1, -0.05) is 384 Å². The fourth-order valence-electron chi connectivity index (χ4n) is 12.6. The van der Waals surface area contributed by atoms with Crippen molar-refractivity contribution < 1.29 is 24.5 Å². The molecule has 0 aromatic carbocycles. The number of hydrogen-bond donors (Lipinski definition) is 3. The molecule has 0 aliphatic heterocycles. The molecule has 0 aromatic heterocycles. The lowest BCUT2D eigenvalue weighted by Crippen LogP contribution is -2.45. The summed E-state index contributed by atoms with van der Waals surface area (Å²) in [6.07, 6.45) is 99.5. The summed E-state index contributed by atoms with van der Waals surface area (Å²) in [5, 5.41) is 23.5. The van der Waals surface area contributed by atoms with Crippen molar-refractivity contribution in [2.75, 3.05) is 13.2 Å². The Morgan fingerprint density at radius 2 is 0.575 bits per heavy atom. The number of allylic oxidation sites excluding steroid dienone is 6. The topological polar surface area (TPSA) is 95.9 Å². The van der Waals surface area contributed by atoms with Crippen LogP contribution in [0.1, 0.15) is 444 Å². The highest BCUT2D eigenvalue weighted by Gasteiger charge is 2.20. The maximum Gasteiger partial charge on any atom is 0.305 e. The second-order valence-corrected chi connectivity index (χ2v) is 27.4. The van der Waals surface area contributed by atoms with Crippen LogP contribution in [0.15, 0.2) is 36.5 Å².